The number of halogens is 2. The van der Waals surface area contributed by atoms with Gasteiger partial charge in [0, 0.05) is 16.4 Å². The highest BCUT2D eigenvalue weighted by molar-refractivity contribution is 9.10. The Morgan fingerprint density at radius 1 is 1.53 bits per heavy atom. The fourth-order valence-corrected chi connectivity index (χ4v) is 2.03. The molecular formula is C12H13BrFNO2. The molecule has 1 aliphatic rings. The number of nitrogens with one attached hydrogen (secondary N) is 1. The number of amides is 1. The summed E-state index contributed by atoms with van der Waals surface area (Å²) in [4.78, 5) is 11.8. The van der Waals surface area contributed by atoms with E-state index in [9.17, 15) is 9.18 Å². The van der Waals surface area contributed by atoms with Crippen molar-refractivity contribution in [1.82, 2.24) is 5.32 Å². The largest absolute Gasteiger partial charge is 0.396 e. The zero-order valence-corrected chi connectivity index (χ0v) is 10.8. The maximum Gasteiger partial charge on any atom is 0.252 e. The summed E-state index contributed by atoms with van der Waals surface area (Å²) in [6.45, 7) is 0.517. The molecule has 0 spiro atoms. The molecule has 92 valence electrons. The third-order valence-electron chi connectivity index (χ3n) is 3.09. The van der Waals surface area contributed by atoms with E-state index < -0.39 is 5.82 Å². The van der Waals surface area contributed by atoms with Crippen LogP contribution in [0.15, 0.2) is 22.7 Å². The van der Waals surface area contributed by atoms with Crippen molar-refractivity contribution in [1.29, 1.82) is 0 Å². The van der Waals surface area contributed by atoms with Crippen LogP contribution in [0.25, 0.3) is 0 Å². The summed E-state index contributed by atoms with van der Waals surface area (Å²) in [5.41, 5.74) is 0.133. The number of rotatable bonds is 4. The van der Waals surface area contributed by atoms with Gasteiger partial charge in [-0.1, -0.05) is 0 Å². The van der Waals surface area contributed by atoms with E-state index in [-0.39, 0.29) is 23.5 Å². The molecule has 1 amide bonds. The fourth-order valence-electron chi connectivity index (χ4n) is 1.60. The van der Waals surface area contributed by atoms with Gasteiger partial charge in [-0.3, -0.25) is 4.79 Å². The summed E-state index contributed by atoms with van der Waals surface area (Å²) in [5, 5.41) is 11.8. The second-order valence-corrected chi connectivity index (χ2v) is 5.32. The molecule has 3 nitrogen and oxygen atoms in total. The van der Waals surface area contributed by atoms with E-state index in [0.29, 0.717) is 11.0 Å². The van der Waals surface area contributed by atoms with Gasteiger partial charge in [-0.25, -0.2) is 4.39 Å². The topological polar surface area (TPSA) is 49.3 Å². The lowest BCUT2D eigenvalue weighted by molar-refractivity contribution is 0.0934. The van der Waals surface area contributed by atoms with Gasteiger partial charge in [-0.15, -0.1) is 0 Å². The Hall–Kier alpha value is -0.940. The maximum atomic E-state index is 13.0. The zero-order chi connectivity index (χ0) is 12.5. The van der Waals surface area contributed by atoms with Gasteiger partial charge in [0.1, 0.15) is 5.82 Å². The minimum Gasteiger partial charge on any atom is -0.396 e. The molecular weight excluding hydrogens is 289 g/mol. The molecule has 0 aliphatic heterocycles. The first-order valence-electron chi connectivity index (χ1n) is 5.40. The Bertz CT molecular complexity index is 446. The van der Waals surface area contributed by atoms with Crippen molar-refractivity contribution in [3.63, 3.8) is 0 Å². The van der Waals surface area contributed by atoms with Gasteiger partial charge in [0.25, 0.3) is 5.91 Å². The molecule has 1 saturated carbocycles. The number of carbonyl (C=O) groups is 1. The molecule has 1 aromatic rings. The Balaban J connectivity index is 2.02. The average Bonchev–Trinajstić information content (AvgIpc) is 3.10. The Kier molecular flexibility index (Phi) is 3.49. The molecule has 0 heterocycles. The lowest BCUT2D eigenvalue weighted by atomic mass is 10.1. The Morgan fingerprint density at radius 3 is 2.82 bits per heavy atom. The average molecular weight is 302 g/mol. The van der Waals surface area contributed by atoms with Crippen molar-refractivity contribution in [3.8, 4) is 0 Å². The molecule has 0 atom stereocenters. The van der Waals surface area contributed by atoms with Crippen LogP contribution < -0.4 is 5.32 Å². The summed E-state index contributed by atoms with van der Waals surface area (Å²) < 4.78 is 13.6. The van der Waals surface area contributed by atoms with Crippen molar-refractivity contribution < 1.29 is 14.3 Å². The van der Waals surface area contributed by atoms with Crippen LogP contribution in [0.1, 0.15) is 23.2 Å². The van der Waals surface area contributed by atoms with E-state index in [1.54, 1.807) is 0 Å². The first-order valence-corrected chi connectivity index (χ1v) is 6.20. The van der Waals surface area contributed by atoms with Crippen molar-refractivity contribution in [2.45, 2.75) is 12.8 Å². The number of hydrogen-bond donors (Lipinski definition) is 2. The van der Waals surface area contributed by atoms with Crippen LogP contribution in [0.2, 0.25) is 0 Å². The quantitative estimate of drug-likeness (QED) is 0.895. The number of aliphatic hydroxyl groups is 1. The number of hydrogen-bond acceptors (Lipinski definition) is 2. The molecule has 2 rings (SSSR count). The molecule has 0 unspecified atom stereocenters. The molecule has 2 N–H and O–H groups in total. The Labute approximate surface area is 107 Å². The predicted octanol–water partition coefficient (Wildman–Crippen LogP) is 2.09. The first kappa shape index (κ1) is 12.5. The zero-order valence-electron chi connectivity index (χ0n) is 9.17. The van der Waals surface area contributed by atoms with Crippen LogP contribution in [-0.4, -0.2) is 24.2 Å². The van der Waals surface area contributed by atoms with Gasteiger partial charge in [0.05, 0.1) is 12.2 Å². The van der Waals surface area contributed by atoms with Crippen molar-refractivity contribution in [2.24, 2.45) is 5.41 Å². The molecule has 0 bridgehead atoms. The van der Waals surface area contributed by atoms with Crippen LogP contribution >= 0.6 is 15.9 Å². The van der Waals surface area contributed by atoms with E-state index in [4.69, 9.17) is 5.11 Å². The van der Waals surface area contributed by atoms with Crippen LogP contribution in [0.3, 0.4) is 0 Å². The second-order valence-electron chi connectivity index (χ2n) is 4.46. The van der Waals surface area contributed by atoms with E-state index in [0.717, 1.165) is 12.8 Å². The van der Waals surface area contributed by atoms with Crippen molar-refractivity contribution >= 4 is 21.8 Å². The van der Waals surface area contributed by atoms with Gasteiger partial charge in [-0.2, -0.15) is 0 Å². The van der Waals surface area contributed by atoms with Gasteiger partial charge in [0.15, 0.2) is 0 Å². The van der Waals surface area contributed by atoms with E-state index in [1.807, 2.05) is 0 Å². The highest BCUT2D eigenvalue weighted by Crippen LogP contribution is 2.44. The summed E-state index contributed by atoms with van der Waals surface area (Å²) in [6, 6.07) is 3.98. The van der Waals surface area contributed by atoms with Crippen LogP contribution in [0, 0.1) is 11.2 Å². The van der Waals surface area contributed by atoms with Gasteiger partial charge < -0.3 is 10.4 Å². The van der Waals surface area contributed by atoms with Crippen LogP contribution in [-0.2, 0) is 0 Å². The summed E-state index contributed by atoms with van der Waals surface area (Å²) in [7, 11) is 0. The number of benzene rings is 1. The van der Waals surface area contributed by atoms with Crippen LogP contribution in [0.4, 0.5) is 4.39 Å². The Morgan fingerprint density at radius 2 is 2.24 bits per heavy atom. The second kappa shape index (κ2) is 4.74. The maximum absolute atomic E-state index is 13.0. The summed E-state index contributed by atoms with van der Waals surface area (Å²) in [5.74, 6) is -0.766. The van der Waals surface area contributed by atoms with E-state index in [2.05, 4.69) is 21.2 Å². The van der Waals surface area contributed by atoms with Gasteiger partial charge in [0.2, 0.25) is 0 Å². The fraction of sp³-hybridized carbons (Fsp3) is 0.417. The minimum absolute atomic E-state index is 0.0810. The number of carbonyl (C=O) groups excluding carboxylic acids is 1. The summed E-state index contributed by atoms with van der Waals surface area (Å²) in [6.07, 6.45) is 1.85. The van der Waals surface area contributed by atoms with Gasteiger partial charge >= 0.3 is 0 Å². The van der Waals surface area contributed by atoms with Crippen LogP contribution in [0.5, 0.6) is 0 Å². The molecule has 5 heteroatoms. The summed E-state index contributed by atoms with van der Waals surface area (Å²) >= 11 is 3.21. The third-order valence-corrected chi connectivity index (χ3v) is 3.78. The van der Waals surface area contributed by atoms with Crippen molar-refractivity contribution in [2.75, 3.05) is 13.2 Å². The highest BCUT2D eigenvalue weighted by Gasteiger charge is 2.42. The first-order chi connectivity index (χ1) is 8.06. The molecule has 0 radical (unpaired) electrons. The normalized spacial score (nSPS) is 16.6. The molecule has 0 aromatic heterocycles. The molecule has 1 fully saturated rings. The third kappa shape index (κ3) is 2.84. The van der Waals surface area contributed by atoms with Crippen molar-refractivity contribution in [3.05, 3.63) is 34.1 Å². The molecule has 1 aromatic carbocycles. The lowest BCUT2D eigenvalue weighted by Gasteiger charge is -2.13. The van der Waals surface area contributed by atoms with Gasteiger partial charge in [-0.05, 0) is 47.0 Å². The standard InChI is InChI=1S/C12H13BrFNO2/c13-10-2-1-8(14)5-9(10)11(17)15-6-12(7-16)3-4-12/h1-2,5,16H,3-4,6-7H2,(H,15,17). The number of aliphatic hydroxyl groups excluding tert-OH is 1. The predicted molar refractivity (Wildman–Crippen MR) is 65.2 cm³/mol. The molecule has 0 saturated heterocycles. The molecule has 17 heavy (non-hydrogen) atoms. The monoisotopic (exact) mass is 301 g/mol. The lowest BCUT2D eigenvalue weighted by Crippen LogP contribution is -2.32. The van der Waals surface area contributed by atoms with E-state index in [1.165, 1.54) is 18.2 Å². The van der Waals surface area contributed by atoms with E-state index >= 15 is 0 Å². The minimum atomic E-state index is -0.443. The highest BCUT2D eigenvalue weighted by atomic mass is 79.9. The SMILES string of the molecule is O=C(NCC1(CO)CC1)c1cc(F)ccc1Br. The smallest absolute Gasteiger partial charge is 0.252 e. The molecule has 1 aliphatic carbocycles.